The monoisotopic (exact) mass is 541 g/mol. The normalized spacial score (nSPS) is 48.1. The topological polar surface area (TPSA) is 48.0 Å². The molecule has 0 aromatic heterocycles. The third kappa shape index (κ3) is 4.89. The first-order valence-corrected chi connectivity index (χ1v) is 16.4. The second kappa shape index (κ2) is 10.8. The Morgan fingerprint density at radius 1 is 1.08 bits per heavy atom. The van der Waals surface area contributed by atoms with Crippen LogP contribution < -0.4 is 0 Å². The Balaban J connectivity index is 1.23. The van der Waals surface area contributed by atoms with Crippen molar-refractivity contribution in [2.75, 3.05) is 46.6 Å². The first kappa shape index (κ1) is 28.4. The molecule has 2 aliphatic heterocycles. The van der Waals surface area contributed by atoms with Crippen molar-refractivity contribution in [3.05, 3.63) is 11.6 Å². The second-order valence-corrected chi connectivity index (χ2v) is 15.2. The number of nitrogens with zero attached hydrogens (tertiary/aromatic N) is 1. The lowest BCUT2D eigenvalue weighted by Gasteiger charge is -2.48. The molecule has 5 nitrogen and oxygen atoms in total. The molecule has 3 saturated carbocycles. The average Bonchev–Trinajstić information content (AvgIpc) is 3.32. The van der Waals surface area contributed by atoms with Crippen LogP contribution in [0.15, 0.2) is 11.6 Å². The minimum Gasteiger partial charge on any atom is -0.382 e. The van der Waals surface area contributed by atoms with E-state index in [1.807, 2.05) is 0 Å². The van der Waals surface area contributed by atoms with E-state index in [1.165, 1.54) is 50.5 Å². The number of fused-ring (bicyclic) bond motifs is 5. The van der Waals surface area contributed by atoms with Gasteiger partial charge < -0.3 is 14.2 Å². The van der Waals surface area contributed by atoms with Crippen molar-refractivity contribution < 1.29 is 19.0 Å². The maximum Gasteiger partial charge on any atom is 0.155 e. The standard InChI is InChI=1S/C34H55NO4/c1-23-17-30-31(35(21-23)12-14-38-16-15-37-5)24(2)19-32(3)22-34(32)20-29-27(28(34)7-6-13-39-30)9-8-25-18-26(36)10-11-33(25,29)4/h18,23-24,27-31H,6-17,19-22H2,1-5H3/t23-,24-,27-,28?,29-,30+,31-,32?,33-,34?/m0/s1. The van der Waals surface area contributed by atoms with Gasteiger partial charge in [0.25, 0.3) is 0 Å². The number of ether oxygens (including phenoxy) is 3. The maximum atomic E-state index is 12.3. The molecule has 3 unspecified atom stereocenters. The van der Waals surface area contributed by atoms with Crippen LogP contribution in [0.2, 0.25) is 0 Å². The summed E-state index contributed by atoms with van der Waals surface area (Å²) in [5, 5.41) is 0. The van der Waals surface area contributed by atoms with Crippen molar-refractivity contribution >= 4 is 5.78 Å². The van der Waals surface area contributed by atoms with Crippen LogP contribution in [0.5, 0.6) is 0 Å². The van der Waals surface area contributed by atoms with Crippen LogP contribution in [0.1, 0.15) is 91.9 Å². The van der Waals surface area contributed by atoms with E-state index in [4.69, 9.17) is 14.2 Å². The van der Waals surface area contributed by atoms with Crippen LogP contribution in [-0.4, -0.2) is 69.5 Å². The molecule has 5 heteroatoms. The van der Waals surface area contributed by atoms with Crippen LogP contribution in [0.4, 0.5) is 0 Å². The molecule has 1 spiro atoms. The minimum atomic E-state index is 0.255. The molecule has 0 radical (unpaired) electrons. The van der Waals surface area contributed by atoms with E-state index in [-0.39, 0.29) is 5.41 Å². The van der Waals surface area contributed by atoms with Crippen molar-refractivity contribution in [3.63, 3.8) is 0 Å². The first-order chi connectivity index (χ1) is 18.7. The zero-order chi connectivity index (χ0) is 27.4. The molecule has 0 aromatic carbocycles. The summed E-state index contributed by atoms with van der Waals surface area (Å²) in [6, 6.07) is 0.485. The highest BCUT2D eigenvalue weighted by Crippen LogP contribution is 2.81. The number of methoxy groups -OCH3 is 1. The maximum absolute atomic E-state index is 12.3. The molecular formula is C34H55NO4. The van der Waals surface area contributed by atoms with E-state index in [2.05, 4.69) is 38.7 Å². The van der Waals surface area contributed by atoms with Gasteiger partial charge in [0.05, 0.1) is 25.9 Å². The van der Waals surface area contributed by atoms with E-state index in [0.29, 0.717) is 53.8 Å². The molecule has 0 N–H and O–H groups in total. The minimum absolute atomic E-state index is 0.255. The van der Waals surface area contributed by atoms with Gasteiger partial charge in [0.15, 0.2) is 5.78 Å². The Kier molecular flexibility index (Phi) is 7.87. The third-order valence-electron chi connectivity index (χ3n) is 12.9. The van der Waals surface area contributed by atoms with Crippen LogP contribution in [0, 0.1) is 45.8 Å². The summed E-state index contributed by atoms with van der Waals surface area (Å²) in [6.45, 7) is 15.3. The van der Waals surface area contributed by atoms with Gasteiger partial charge in [0.2, 0.25) is 0 Å². The van der Waals surface area contributed by atoms with Crippen LogP contribution >= 0.6 is 0 Å². The van der Waals surface area contributed by atoms with Gasteiger partial charge in [-0.05, 0) is 110 Å². The molecule has 6 aliphatic rings. The molecule has 0 aromatic rings. The number of hydrogen-bond donors (Lipinski definition) is 0. The molecule has 39 heavy (non-hydrogen) atoms. The number of ketones is 1. The highest BCUT2D eigenvalue weighted by molar-refractivity contribution is 5.91. The van der Waals surface area contributed by atoms with Crippen LogP contribution in [-0.2, 0) is 19.0 Å². The van der Waals surface area contributed by atoms with Crippen molar-refractivity contribution in [1.29, 1.82) is 0 Å². The Morgan fingerprint density at radius 2 is 1.92 bits per heavy atom. The first-order valence-electron chi connectivity index (χ1n) is 16.4. The number of rotatable bonds is 6. The average molecular weight is 542 g/mol. The van der Waals surface area contributed by atoms with Gasteiger partial charge in [-0.1, -0.05) is 33.3 Å². The summed E-state index contributed by atoms with van der Waals surface area (Å²) in [5.74, 6) is 4.09. The van der Waals surface area contributed by atoms with Crippen LogP contribution in [0.25, 0.3) is 0 Å². The largest absolute Gasteiger partial charge is 0.382 e. The van der Waals surface area contributed by atoms with Crippen molar-refractivity contribution in [2.24, 2.45) is 45.8 Å². The number of piperidine rings is 1. The Hall–Kier alpha value is -0.750. The molecule has 0 amide bonds. The zero-order valence-corrected chi connectivity index (χ0v) is 25.5. The van der Waals surface area contributed by atoms with Gasteiger partial charge >= 0.3 is 0 Å². The lowest BCUT2D eigenvalue weighted by Crippen LogP contribution is -2.56. The lowest BCUT2D eigenvalue weighted by molar-refractivity contribution is -0.116. The summed E-state index contributed by atoms with van der Waals surface area (Å²) >= 11 is 0. The molecule has 220 valence electrons. The summed E-state index contributed by atoms with van der Waals surface area (Å²) in [6.07, 6.45) is 14.6. The molecule has 5 fully saturated rings. The fraction of sp³-hybridized carbons (Fsp3) is 0.912. The van der Waals surface area contributed by atoms with Gasteiger partial charge in [-0.25, -0.2) is 0 Å². The fourth-order valence-electron chi connectivity index (χ4n) is 11.2. The number of carbonyl (C=O) groups excluding carboxylic acids is 1. The quantitative estimate of drug-likeness (QED) is 0.369. The number of likely N-dealkylation sites (tertiary alicyclic amines) is 1. The smallest absolute Gasteiger partial charge is 0.155 e. The Morgan fingerprint density at radius 3 is 2.74 bits per heavy atom. The third-order valence-corrected chi connectivity index (χ3v) is 12.9. The van der Waals surface area contributed by atoms with E-state index in [0.717, 1.165) is 63.3 Å². The number of hydrogen-bond acceptors (Lipinski definition) is 5. The highest BCUT2D eigenvalue weighted by Gasteiger charge is 2.74. The van der Waals surface area contributed by atoms with Gasteiger partial charge in [0.1, 0.15) is 0 Å². The zero-order valence-electron chi connectivity index (χ0n) is 25.5. The summed E-state index contributed by atoms with van der Waals surface area (Å²) < 4.78 is 17.9. The predicted octanol–water partition coefficient (Wildman–Crippen LogP) is 6.30. The Bertz CT molecular complexity index is 949. The lowest BCUT2D eigenvalue weighted by atomic mass is 9.56. The van der Waals surface area contributed by atoms with E-state index in [9.17, 15) is 4.79 Å². The fourth-order valence-corrected chi connectivity index (χ4v) is 11.2. The molecule has 10 atom stereocenters. The molecular weight excluding hydrogens is 486 g/mol. The van der Waals surface area contributed by atoms with Gasteiger partial charge in [-0.3, -0.25) is 9.69 Å². The molecule has 2 heterocycles. The summed E-state index contributed by atoms with van der Waals surface area (Å²) in [7, 11) is 1.74. The number of carbonyl (C=O) groups is 1. The summed E-state index contributed by atoms with van der Waals surface area (Å²) in [5.41, 5.74) is 2.70. The van der Waals surface area contributed by atoms with Crippen LogP contribution in [0.3, 0.4) is 0 Å². The second-order valence-electron chi connectivity index (χ2n) is 15.2. The highest BCUT2D eigenvalue weighted by atomic mass is 16.5. The summed E-state index contributed by atoms with van der Waals surface area (Å²) in [4.78, 5) is 15.1. The van der Waals surface area contributed by atoms with E-state index in [1.54, 1.807) is 7.11 Å². The number of allylic oxidation sites excluding steroid dienone is 2. The molecule has 6 rings (SSSR count). The predicted molar refractivity (Wildman–Crippen MR) is 155 cm³/mol. The molecule has 0 bridgehead atoms. The van der Waals surface area contributed by atoms with Crippen molar-refractivity contribution in [2.45, 2.75) is 104 Å². The van der Waals surface area contributed by atoms with Crippen molar-refractivity contribution in [1.82, 2.24) is 4.90 Å². The molecule has 4 aliphatic carbocycles. The van der Waals surface area contributed by atoms with Crippen molar-refractivity contribution in [3.8, 4) is 0 Å². The molecule has 2 saturated heterocycles. The SMILES string of the molecule is COCCOCCN1C[C@@H](C)C[C@H]2OCCCC3[C@@H]4CCC5=CC(=O)CC[C@]5(C)[C@H]4CC34CC4(C)C[C@H](C)[C@@H]21. The van der Waals surface area contributed by atoms with Gasteiger partial charge in [0, 0.05) is 39.3 Å². The van der Waals surface area contributed by atoms with E-state index < -0.39 is 0 Å². The van der Waals surface area contributed by atoms with Gasteiger partial charge in [-0.15, -0.1) is 0 Å². The van der Waals surface area contributed by atoms with Gasteiger partial charge in [-0.2, -0.15) is 0 Å². The van der Waals surface area contributed by atoms with E-state index >= 15 is 0 Å². The Labute approximate surface area is 237 Å².